The Labute approximate surface area is 169 Å². The van der Waals surface area contributed by atoms with Crippen LogP contribution >= 0.6 is 0 Å². The van der Waals surface area contributed by atoms with E-state index < -0.39 is 72.7 Å². The minimum absolute atomic E-state index is 0. The monoisotopic (exact) mass is 498 g/mol. The van der Waals surface area contributed by atoms with E-state index in [9.17, 15) is 28.8 Å². The number of carboxylic acid groups (broad SMARTS) is 6. The Balaban J connectivity index is -0.000000411. The minimum Gasteiger partial charge on any atom is -0.481 e. The molecule has 0 aromatic carbocycles. The van der Waals surface area contributed by atoms with Gasteiger partial charge in [-0.2, -0.15) is 0 Å². The molecular weight excluding hydrogens is 481 g/mol. The zero-order valence-corrected chi connectivity index (χ0v) is 17.6. The molecule has 0 aromatic heterocycles. The number of rotatable bonds is 10. The summed E-state index contributed by atoms with van der Waals surface area (Å²) in [7, 11) is 0. The molecule has 0 rings (SSSR count). The maximum Gasteiger partial charge on any atom is 2.00 e. The van der Waals surface area contributed by atoms with Gasteiger partial charge in [-0.3, -0.25) is 19.2 Å². The van der Waals surface area contributed by atoms with Gasteiger partial charge < -0.3 is 40.9 Å². The maximum atomic E-state index is 10.3. The Morgan fingerprint density at radius 1 is 0.481 bits per heavy atom. The largest absolute Gasteiger partial charge is 2.00 e. The Kier molecular flexibility index (Phi) is 13.2. The molecule has 148 valence electrons. The molecule has 27 heavy (non-hydrogen) atoms. The first-order valence-corrected chi connectivity index (χ1v) is 6.34. The first-order valence-electron chi connectivity index (χ1n) is 6.34. The Bertz CT molecular complexity index is 513. The van der Waals surface area contributed by atoms with Crippen LogP contribution < -0.4 is 0 Å². The molecule has 0 aliphatic heterocycles. The van der Waals surface area contributed by atoms with E-state index in [1.807, 2.05) is 0 Å². The van der Waals surface area contributed by atoms with Gasteiger partial charge in [0.1, 0.15) is 0 Å². The third-order valence-corrected chi connectivity index (χ3v) is 2.57. The second-order valence-corrected chi connectivity index (χ2v) is 4.96. The summed E-state index contributed by atoms with van der Waals surface area (Å²) in [5.74, 6) is -10.0. The Morgan fingerprint density at radius 3 is 0.704 bits per heavy atom. The van der Waals surface area contributed by atoms with Crippen molar-refractivity contribution in [2.75, 3.05) is 0 Å². The number of carboxylic acids is 6. The van der Waals surface area contributed by atoms with Gasteiger partial charge in [-0.1, -0.05) is 0 Å². The first-order chi connectivity index (χ1) is 11.6. The third-order valence-electron chi connectivity index (χ3n) is 2.57. The van der Waals surface area contributed by atoms with Crippen LogP contribution in [0.25, 0.3) is 0 Å². The molecule has 8 N–H and O–H groups in total. The van der Waals surface area contributed by atoms with Crippen molar-refractivity contribution in [1.82, 2.24) is 0 Å². The number of aliphatic carboxylic acids is 6. The Hall–Kier alpha value is -2.34. The van der Waals surface area contributed by atoms with E-state index in [-0.39, 0.29) is 27.3 Å². The van der Waals surface area contributed by atoms with Crippen LogP contribution in [0.1, 0.15) is 25.7 Å². The second-order valence-electron chi connectivity index (χ2n) is 4.96. The van der Waals surface area contributed by atoms with E-state index in [1.165, 1.54) is 0 Å². The summed E-state index contributed by atoms with van der Waals surface area (Å²) in [6, 6.07) is 0. The van der Waals surface area contributed by atoms with Crippen LogP contribution in [0.3, 0.4) is 0 Å². The molecule has 0 atom stereocenters. The topological polar surface area (TPSA) is 264 Å². The molecule has 0 amide bonds. The van der Waals surface area contributed by atoms with Gasteiger partial charge in [-0.05, 0) is 0 Å². The molecule has 0 aliphatic carbocycles. The van der Waals surface area contributed by atoms with E-state index in [2.05, 4.69) is 0 Å². The van der Waals surface area contributed by atoms with Crippen LogP contribution in [-0.2, 0) is 56.1 Å². The van der Waals surface area contributed by atoms with E-state index in [4.69, 9.17) is 40.9 Å². The molecule has 0 spiro atoms. The average molecular weight is 497 g/mol. The van der Waals surface area contributed by atoms with E-state index in [0.29, 0.717) is 0 Å². The van der Waals surface area contributed by atoms with E-state index in [0.717, 1.165) is 0 Å². The van der Waals surface area contributed by atoms with Crippen molar-refractivity contribution in [3.8, 4) is 0 Å². The van der Waals surface area contributed by atoms with Gasteiger partial charge in [0.25, 0.3) is 0 Å². The molecule has 0 unspecified atom stereocenters. The molecule has 0 radical (unpaired) electrons. The van der Waals surface area contributed by atoms with Crippen LogP contribution in [0.5, 0.6) is 0 Å². The van der Waals surface area contributed by atoms with E-state index >= 15 is 0 Å². The van der Waals surface area contributed by atoms with Gasteiger partial charge in [0.2, 0.25) is 0 Å². The number of carbonyl (C=O) groups is 6. The standard InChI is InChI=1S/2C6H8O7.Cd/c2*7-3(8)1-6(13,5(11)12)2-4(9)10;/h2*13H,1-2H2,(H,7,8)(H,9,10)(H,11,12);/q;;+2. The fourth-order valence-corrected chi connectivity index (χ4v) is 1.43. The fraction of sp³-hybridized carbons (Fsp3) is 0.500. The van der Waals surface area contributed by atoms with Gasteiger partial charge in [0.15, 0.2) is 11.2 Å². The maximum absolute atomic E-state index is 10.3. The number of aliphatic hydroxyl groups is 2. The molecule has 0 aliphatic rings. The summed E-state index contributed by atoms with van der Waals surface area (Å²) < 4.78 is 0. The molecule has 0 heterocycles. The van der Waals surface area contributed by atoms with Crippen molar-refractivity contribution >= 4 is 35.8 Å². The summed E-state index contributed by atoms with van der Waals surface area (Å²) in [5, 5.41) is 67.6. The molecule has 15 heteroatoms. The minimum atomic E-state index is -2.74. The molecule has 0 aromatic rings. The van der Waals surface area contributed by atoms with Crippen molar-refractivity contribution < 1.29 is 96.9 Å². The summed E-state index contributed by atoms with van der Waals surface area (Å²) in [6.07, 6.45) is -4.58. The molecule has 0 fully saturated rings. The summed E-state index contributed by atoms with van der Waals surface area (Å²) in [5.41, 5.74) is -5.48. The fourth-order valence-electron chi connectivity index (χ4n) is 1.43. The van der Waals surface area contributed by atoms with Crippen molar-refractivity contribution in [2.45, 2.75) is 36.9 Å². The van der Waals surface area contributed by atoms with Crippen LogP contribution in [-0.4, -0.2) is 87.9 Å². The Morgan fingerprint density at radius 2 is 0.630 bits per heavy atom. The summed E-state index contributed by atoms with van der Waals surface area (Å²) >= 11 is 0. The van der Waals surface area contributed by atoms with Crippen LogP contribution in [0.2, 0.25) is 0 Å². The smallest absolute Gasteiger partial charge is 0.481 e. The molecule has 0 saturated heterocycles. The zero-order valence-electron chi connectivity index (χ0n) is 13.6. The zero-order chi connectivity index (χ0) is 21.3. The van der Waals surface area contributed by atoms with Gasteiger partial charge >= 0.3 is 63.1 Å². The van der Waals surface area contributed by atoms with Crippen LogP contribution in [0.15, 0.2) is 0 Å². The molecular formula is C12H16CdO14+2. The predicted molar refractivity (Wildman–Crippen MR) is 74.2 cm³/mol. The number of hydrogen-bond acceptors (Lipinski definition) is 8. The normalized spacial score (nSPS) is 10.4. The van der Waals surface area contributed by atoms with Gasteiger partial charge in [0.05, 0.1) is 25.7 Å². The summed E-state index contributed by atoms with van der Waals surface area (Å²) in [6.45, 7) is 0. The van der Waals surface area contributed by atoms with Crippen molar-refractivity contribution in [1.29, 1.82) is 0 Å². The molecule has 0 saturated carbocycles. The van der Waals surface area contributed by atoms with Gasteiger partial charge in [-0.25, -0.2) is 9.59 Å². The third kappa shape index (κ3) is 12.6. The van der Waals surface area contributed by atoms with Crippen molar-refractivity contribution in [2.24, 2.45) is 0 Å². The van der Waals surface area contributed by atoms with E-state index in [1.54, 1.807) is 0 Å². The molecule has 14 nitrogen and oxygen atoms in total. The quantitative estimate of drug-likeness (QED) is 0.145. The predicted octanol–water partition coefficient (Wildman–Crippen LogP) is -2.50. The van der Waals surface area contributed by atoms with Crippen molar-refractivity contribution in [3.05, 3.63) is 0 Å². The first kappa shape index (κ1) is 29.4. The van der Waals surface area contributed by atoms with Crippen molar-refractivity contribution in [3.63, 3.8) is 0 Å². The second kappa shape index (κ2) is 12.1. The van der Waals surface area contributed by atoms with Gasteiger partial charge in [0, 0.05) is 0 Å². The van der Waals surface area contributed by atoms with Gasteiger partial charge in [-0.15, -0.1) is 0 Å². The average Bonchev–Trinajstić information content (AvgIpc) is 2.34. The summed E-state index contributed by atoms with van der Waals surface area (Å²) in [4.78, 5) is 61.0. The van der Waals surface area contributed by atoms with Crippen LogP contribution in [0.4, 0.5) is 0 Å². The SMILES string of the molecule is O=C(O)CC(O)(CC(=O)O)C(=O)O.O=C(O)CC(O)(CC(=O)O)C(=O)O.[Cd+2]. The number of hydrogen-bond donors (Lipinski definition) is 8. The molecule has 0 bridgehead atoms. The van der Waals surface area contributed by atoms with Crippen LogP contribution in [0, 0.1) is 0 Å².